The van der Waals surface area contributed by atoms with E-state index in [2.05, 4.69) is 5.32 Å². The third-order valence-electron chi connectivity index (χ3n) is 3.00. The first-order valence-electron chi connectivity index (χ1n) is 6.52. The summed E-state index contributed by atoms with van der Waals surface area (Å²) in [5.41, 5.74) is 5.96. The summed E-state index contributed by atoms with van der Waals surface area (Å²) in [7, 11) is -4.61. The zero-order chi connectivity index (χ0) is 17.1. The molecule has 8 nitrogen and oxygen atoms in total. The van der Waals surface area contributed by atoms with Gasteiger partial charge in [0.25, 0.3) is 10.1 Å². The second-order valence-corrected chi connectivity index (χ2v) is 6.66. The molecule has 124 valence electrons. The zero-order valence-electron chi connectivity index (χ0n) is 12.5. The molecule has 0 saturated heterocycles. The van der Waals surface area contributed by atoms with E-state index in [-0.39, 0.29) is 24.3 Å². The average molecular weight is 332 g/mol. The Kier molecular flexibility index (Phi) is 5.75. The van der Waals surface area contributed by atoms with Crippen LogP contribution < -0.4 is 11.1 Å². The molecule has 5 N–H and O–H groups in total. The van der Waals surface area contributed by atoms with Crippen LogP contribution in [0.4, 0.5) is 10.5 Å². The van der Waals surface area contributed by atoms with Crippen molar-refractivity contribution in [1.82, 2.24) is 0 Å². The maximum Gasteiger partial charge on any atom is 0.411 e. The van der Waals surface area contributed by atoms with Gasteiger partial charge in [-0.2, -0.15) is 8.42 Å². The predicted molar refractivity (Wildman–Crippen MR) is 80.4 cm³/mol. The number of ether oxygens (including phenoxy) is 1. The Morgan fingerprint density at radius 1 is 1.41 bits per heavy atom. The second-order valence-electron chi connectivity index (χ2n) is 5.27. The third-order valence-corrected chi connectivity index (χ3v) is 3.86. The average Bonchev–Trinajstić information content (AvgIpc) is 2.38. The highest BCUT2D eigenvalue weighted by molar-refractivity contribution is 7.86. The molecule has 0 bridgehead atoms. The quantitative estimate of drug-likeness (QED) is 0.473. The van der Waals surface area contributed by atoms with E-state index in [1.807, 2.05) is 13.8 Å². The SMILES string of the molecule is Cc1cc(NC(=O)OC[C@@H](N)C(C)C)c(O)c(S(=O)(=O)O)c1. The van der Waals surface area contributed by atoms with E-state index in [0.29, 0.717) is 5.56 Å². The number of benzene rings is 1. The van der Waals surface area contributed by atoms with Crippen molar-refractivity contribution in [2.75, 3.05) is 11.9 Å². The Hall–Kier alpha value is -1.84. The number of nitrogens with one attached hydrogen (secondary N) is 1. The molecule has 0 spiro atoms. The molecule has 1 rings (SSSR count). The lowest BCUT2D eigenvalue weighted by Crippen LogP contribution is -2.33. The minimum absolute atomic E-state index is 0.0266. The number of aryl methyl sites for hydroxylation is 1. The Morgan fingerprint density at radius 2 is 2.00 bits per heavy atom. The van der Waals surface area contributed by atoms with Gasteiger partial charge in [0.1, 0.15) is 11.5 Å². The minimum atomic E-state index is -4.61. The van der Waals surface area contributed by atoms with Crippen molar-refractivity contribution in [1.29, 1.82) is 0 Å². The van der Waals surface area contributed by atoms with E-state index in [4.69, 9.17) is 15.0 Å². The molecule has 0 heterocycles. The van der Waals surface area contributed by atoms with Gasteiger partial charge in [-0.3, -0.25) is 9.87 Å². The van der Waals surface area contributed by atoms with Gasteiger partial charge < -0.3 is 15.6 Å². The van der Waals surface area contributed by atoms with Crippen LogP contribution in [-0.4, -0.2) is 36.8 Å². The van der Waals surface area contributed by atoms with Crippen molar-refractivity contribution < 1.29 is 27.6 Å². The molecule has 0 aliphatic carbocycles. The number of nitrogens with two attached hydrogens (primary N) is 1. The fourth-order valence-corrected chi connectivity index (χ4v) is 2.24. The Morgan fingerprint density at radius 3 is 2.50 bits per heavy atom. The summed E-state index contributed by atoms with van der Waals surface area (Å²) in [4.78, 5) is 11.0. The monoisotopic (exact) mass is 332 g/mol. The number of phenolic OH excluding ortho intramolecular Hbond substituents is 1. The summed E-state index contributed by atoms with van der Waals surface area (Å²) < 4.78 is 36.3. The summed E-state index contributed by atoms with van der Waals surface area (Å²) in [6.07, 6.45) is -0.890. The van der Waals surface area contributed by atoms with Crippen LogP contribution in [0.15, 0.2) is 17.0 Å². The van der Waals surface area contributed by atoms with Crippen molar-refractivity contribution in [3.8, 4) is 5.75 Å². The van der Waals surface area contributed by atoms with E-state index in [9.17, 15) is 18.3 Å². The van der Waals surface area contributed by atoms with Crippen molar-refractivity contribution in [3.05, 3.63) is 17.7 Å². The first-order chi connectivity index (χ1) is 10.0. The summed E-state index contributed by atoms with van der Waals surface area (Å²) in [6.45, 7) is 5.26. The summed E-state index contributed by atoms with van der Waals surface area (Å²) in [5, 5.41) is 12.0. The number of hydrogen-bond acceptors (Lipinski definition) is 6. The van der Waals surface area contributed by atoms with E-state index in [1.165, 1.54) is 6.07 Å². The smallest absolute Gasteiger partial charge is 0.411 e. The molecule has 9 heteroatoms. The van der Waals surface area contributed by atoms with Crippen LogP contribution >= 0.6 is 0 Å². The Labute approximate surface area is 129 Å². The topological polar surface area (TPSA) is 139 Å². The van der Waals surface area contributed by atoms with Gasteiger partial charge in [-0.15, -0.1) is 0 Å². The van der Waals surface area contributed by atoms with Gasteiger partial charge in [-0.05, 0) is 30.5 Å². The lowest BCUT2D eigenvalue weighted by Gasteiger charge is -2.16. The number of anilines is 1. The first kappa shape index (κ1) is 18.2. The normalized spacial score (nSPS) is 13.0. The summed E-state index contributed by atoms with van der Waals surface area (Å²) in [5.74, 6) is -0.649. The lowest BCUT2D eigenvalue weighted by molar-refractivity contribution is 0.146. The molecule has 0 aromatic heterocycles. The minimum Gasteiger partial charge on any atom is -0.504 e. The van der Waals surface area contributed by atoms with Gasteiger partial charge in [0.15, 0.2) is 5.75 Å². The molecule has 0 saturated carbocycles. The van der Waals surface area contributed by atoms with Crippen LogP contribution in [0, 0.1) is 12.8 Å². The van der Waals surface area contributed by atoms with E-state index in [1.54, 1.807) is 6.92 Å². The number of phenols is 1. The fraction of sp³-hybridized carbons (Fsp3) is 0.462. The number of rotatable bonds is 5. The van der Waals surface area contributed by atoms with E-state index < -0.39 is 26.9 Å². The largest absolute Gasteiger partial charge is 0.504 e. The molecule has 1 amide bonds. The van der Waals surface area contributed by atoms with Gasteiger partial charge in [0.05, 0.1) is 5.69 Å². The molecular formula is C13H20N2O6S. The molecule has 0 aliphatic heterocycles. The van der Waals surface area contributed by atoms with Crippen molar-refractivity contribution >= 4 is 21.9 Å². The Bertz CT molecular complexity index is 657. The molecule has 0 radical (unpaired) electrons. The zero-order valence-corrected chi connectivity index (χ0v) is 13.3. The van der Waals surface area contributed by atoms with Crippen molar-refractivity contribution in [2.24, 2.45) is 11.7 Å². The number of carbonyl (C=O) groups excluding carboxylic acids is 1. The first-order valence-corrected chi connectivity index (χ1v) is 7.96. The van der Waals surface area contributed by atoms with Gasteiger partial charge in [0, 0.05) is 6.04 Å². The molecule has 1 atom stereocenters. The maximum absolute atomic E-state index is 11.7. The highest BCUT2D eigenvalue weighted by Crippen LogP contribution is 2.32. The Balaban J connectivity index is 2.90. The molecule has 1 aromatic rings. The summed E-state index contributed by atoms with van der Waals surface area (Å²) in [6, 6.07) is 2.08. The number of aromatic hydroxyl groups is 1. The maximum atomic E-state index is 11.7. The molecule has 1 aromatic carbocycles. The van der Waals surface area contributed by atoms with Crippen LogP contribution in [-0.2, 0) is 14.9 Å². The van der Waals surface area contributed by atoms with Crippen LogP contribution in [0.1, 0.15) is 19.4 Å². The lowest BCUT2D eigenvalue weighted by atomic mass is 10.1. The van der Waals surface area contributed by atoms with Crippen LogP contribution in [0.25, 0.3) is 0 Å². The van der Waals surface area contributed by atoms with Gasteiger partial charge in [0.2, 0.25) is 0 Å². The van der Waals surface area contributed by atoms with Gasteiger partial charge >= 0.3 is 6.09 Å². The fourth-order valence-electron chi connectivity index (χ4n) is 1.55. The second kappa shape index (κ2) is 6.95. The molecular weight excluding hydrogens is 312 g/mol. The number of amides is 1. The molecule has 0 unspecified atom stereocenters. The third kappa shape index (κ3) is 4.86. The summed E-state index contributed by atoms with van der Waals surface area (Å²) >= 11 is 0. The van der Waals surface area contributed by atoms with Crippen LogP contribution in [0.2, 0.25) is 0 Å². The predicted octanol–water partition coefficient (Wildman–Crippen LogP) is 1.48. The van der Waals surface area contributed by atoms with E-state index >= 15 is 0 Å². The van der Waals surface area contributed by atoms with Crippen molar-refractivity contribution in [3.63, 3.8) is 0 Å². The van der Waals surface area contributed by atoms with Gasteiger partial charge in [-0.25, -0.2) is 4.79 Å². The molecule has 0 fully saturated rings. The van der Waals surface area contributed by atoms with Gasteiger partial charge in [-0.1, -0.05) is 13.8 Å². The molecule has 22 heavy (non-hydrogen) atoms. The van der Waals surface area contributed by atoms with Crippen LogP contribution in [0.5, 0.6) is 5.75 Å². The van der Waals surface area contributed by atoms with Crippen LogP contribution in [0.3, 0.4) is 0 Å². The standard InChI is InChI=1S/C13H20N2O6S/c1-7(2)9(14)6-21-13(17)15-10-4-8(3)5-11(12(10)16)22(18,19)20/h4-5,7,9,16H,6,14H2,1-3H3,(H,15,17)(H,18,19,20)/t9-/m1/s1. The van der Waals surface area contributed by atoms with E-state index in [0.717, 1.165) is 6.07 Å². The highest BCUT2D eigenvalue weighted by atomic mass is 32.2. The van der Waals surface area contributed by atoms with Crippen molar-refractivity contribution in [2.45, 2.75) is 31.7 Å². The molecule has 0 aliphatic rings. The number of hydrogen-bond donors (Lipinski definition) is 4. The number of carbonyl (C=O) groups is 1. The highest BCUT2D eigenvalue weighted by Gasteiger charge is 2.21.